The number of imidazole rings is 2. The molecule has 5 aromatic rings. The Morgan fingerprint density at radius 2 is 1.08 bits per heavy atom. The van der Waals surface area contributed by atoms with Crippen LogP contribution in [0, 0.1) is 41.5 Å². The maximum Gasteiger partial charge on any atom is 1.00 e. The van der Waals surface area contributed by atoms with Crippen LogP contribution in [0.5, 0.6) is 0 Å². The zero-order valence-corrected chi connectivity index (χ0v) is 43.7. The molecule has 3 aliphatic heterocycles. The van der Waals surface area contributed by atoms with E-state index < -0.39 is 5.60 Å². The largest absolute Gasteiger partial charge is 1.00 e. The molecule has 0 radical (unpaired) electrons. The third kappa shape index (κ3) is 20.7. The predicted molar refractivity (Wildman–Crippen MR) is 242 cm³/mol. The molecule has 12 heteroatoms. The van der Waals surface area contributed by atoms with E-state index in [1.54, 1.807) is 20.8 Å². The van der Waals surface area contributed by atoms with Gasteiger partial charge in [-0.05, 0) is 119 Å². The smallest absolute Gasteiger partial charge is 1.00 e. The van der Waals surface area contributed by atoms with E-state index in [9.17, 15) is 5.11 Å². The van der Waals surface area contributed by atoms with Gasteiger partial charge in [-0.15, -0.1) is 5.60 Å². The number of aryl methyl sites for hydroxylation is 8. The number of nitrogens with zero attached hydrogens (tertiary/aromatic N) is 6. The molecule has 0 N–H and O–H groups in total. The standard InChI is InChI=1S/C12H17BN2.C12H16N2.C12H15N2.2C4H8O.C4H9O.HI.K/c1-9-4-5-10(2)11(8-9)15-7-6-14(3)12(15)13;2*1-10-4-5-11(2)12(8-10)14-7-6-13(3)9-14;2*1-2-4-5-3-1;1-4(2,3)5;;/h4-8H,1-3,13H3;4-8H,9H2,1-3H3;4-9H,1-3H3;2*1-4H2;1-3H3;1H;/q;;+1;;;-1;;+1/p-1. The molecule has 60 heavy (non-hydrogen) atoms. The van der Waals surface area contributed by atoms with E-state index in [1.807, 2.05) is 17.8 Å². The second kappa shape index (κ2) is 28.4. The Morgan fingerprint density at radius 3 is 1.45 bits per heavy atom. The molecule has 2 fully saturated rings. The van der Waals surface area contributed by atoms with Gasteiger partial charge in [-0.1, -0.05) is 57.2 Å². The van der Waals surface area contributed by atoms with Gasteiger partial charge in [0, 0.05) is 51.6 Å². The molecule has 2 aromatic heterocycles. The quantitative estimate of drug-likeness (QED) is 0.146. The molecule has 0 spiro atoms. The van der Waals surface area contributed by atoms with Gasteiger partial charge in [0.1, 0.15) is 36.2 Å². The summed E-state index contributed by atoms with van der Waals surface area (Å²) in [5, 5.41) is 10.1. The summed E-state index contributed by atoms with van der Waals surface area (Å²) in [4.78, 5) is 4.43. The summed E-state index contributed by atoms with van der Waals surface area (Å²) in [5.74, 6) is 0. The number of rotatable bonds is 3. The topological polar surface area (TPSA) is 65.6 Å². The molecule has 0 atom stereocenters. The molecule has 8 rings (SSSR count). The minimum absolute atomic E-state index is 0. The molecule has 324 valence electrons. The van der Waals surface area contributed by atoms with Crippen LogP contribution < -0.4 is 100 Å². The van der Waals surface area contributed by atoms with Crippen molar-refractivity contribution in [3.05, 3.63) is 131 Å². The van der Waals surface area contributed by atoms with E-state index in [-0.39, 0.29) is 83.2 Å². The molecule has 5 heterocycles. The van der Waals surface area contributed by atoms with Crippen molar-refractivity contribution >= 4 is 19.3 Å². The summed E-state index contributed by atoms with van der Waals surface area (Å²) in [5.41, 5.74) is 12.5. The fraction of sp³-hybridized carbons (Fsp3) is 0.458. The number of benzene rings is 3. The van der Waals surface area contributed by atoms with E-state index in [2.05, 4.69) is 171 Å². The van der Waals surface area contributed by atoms with E-state index >= 15 is 0 Å². The van der Waals surface area contributed by atoms with Crippen LogP contribution in [-0.4, -0.2) is 67.6 Å². The van der Waals surface area contributed by atoms with Crippen molar-refractivity contribution in [2.45, 2.75) is 93.6 Å². The van der Waals surface area contributed by atoms with Crippen LogP contribution in [0.3, 0.4) is 0 Å². The zero-order chi connectivity index (χ0) is 42.8. The third-order valence-electron chi connectivity index (χ3n) is 8.95. The Bertz CT molecular complexity index is 1990. The van der Waals surface area contributed by atoms with Gasteiger partial charge in [0.15, 0.2) is 0 Å². The molecule has 3 aliphatic rings. The fourth-order valence-electron chi connectivity index (χ4n) is 5.84. The SMILES string of the molecule is C1CCOC1.C1CCOC1.CC(C)(C)[O-].Cc1ccc(C)c(-n2cc[n+](C)c2)c1.Cc1ccc(C)c(N2C=CN(C)C2)c1.[BH3-]c1n(-c2cc(C)ccc2C)cc[n+]1C.[I-].[K+]. The van der Waals surface area contributed by atoms with E-state index in [0.29, 0.717) is 0 Å². The van der Waals surface area contributed by atoms with Gasteiger partial charge < -0.3 is 48.4 Å². The van der Waals surface area contributed by atoms with Gasteiger partial charge in [-0.25, -0.2) is 13.7 Å². The van der Waals surface area contributed by atoms with Crippen LogP contribution in [0.1, 0.15) is 79.8 Å². The van der Waals surface area contributed by atoms with Crippen LogP contribution in [-0.2, 0) is 23.6 Å². The van der Waals surface area contributed by atoms with E-state index in [0.717, 1.165) is 33.1 Å². The van der Waals surface area contributed by atoms with Crippen molar-refractivity contribution in [2.75, 3.05) is 45.0 Å². The zero-order valence-electron chi connectivity index (χ0n) is 38.4. The number of anilines is 1. The summed E-state index contributed by atoms with van der Waals surface area (Å²) >= 11 is 0. The minimum Gasteiger partial charge on any atom is -1.00 e. The van der Waals surface area contributed by atoms with Crippen LogP contribution in [0.4, 0.5) is 5.69 Å². The summed E-state index contributed by atoms with van der Waals surface area (Å²) in [7, 11) is 6.44. The van der Waals surface area contributed by atoms with Gasteiger partial charge in [-0.2, -0.15) is 0 Å². The number of aromatic nitrogens is 4. The van der Waals surface area contributed by atoms with Crippen molar-refractivity contribution in [1.29, 1.82) is 0 Å². The van der Waals surface area contributed by atoms with Crippen molar-refractivity contribution < 1.29 is 99.1 Å². The Morgan fingerprint density at radius 1 is 0.650 bits per heavy atom. The molecule has 9 nitrogen and oxygen atoms in total. The van der Waals surface area contributed by atoms with Gasteiger partial charge in [0.05, 0.1) is 34.3 Å². The number of ether oxygens (including phenoxy) is 2. The Kier molecular flexibility index (Phi) is 26.4. The van der Waals surface area contributed by atoms with Gasteiger partial charge in [0.25, 0.3) is 0 Å². The molecular weight excluding hydrogens is 885 g/mol. The van der Waals surface area contributed by atoms with Crippen LogP contribution >= 0.6 is 0 Å². The van der Waals surface area contributed by atoms with E-state index in [1.165, 1.54) is 81.8 Å². The second-order valence-electron chi connectivity index (χ2n) is 16.2. The van der Waals surface area contributed by atoms with Crippen LogP contribution in [0.25, 0.3) is 11.4 Å². The average molecular weight is 959 g/mol. The summed E-state index contributed by atoms with van der Waals surface area (Å²) in [6.07, 6.45) is 19.8. The fourth-order valence-corrected chi connectivity index (χ4v) is 5.84. The maximum absolute atomic E-state index is 10.1. The number of halogens is 1. The van der Waals surface area contributed by atoms with E-state index in [4.69, 9.17) is 9.47 Å². The van der Waals surface area contributed by atoms with Crippen LogP contribution in [0.2, 0.25) is 0 Å². The van der Waals surface area contributed by atoms with Gasteiger partial charge >= 0.3 is 51.4 Å². The van der Waals surface area contributed by atoms with Gasteiger partial charge in [-0.3, -0.25) is 4.57 Å². The first kappa shape index (κ1) is 55.7. The van der Waals surface area contributed by atoms with Gasteiger partial charge in [0.2, 0.25) is 6.33 Å². The Balaban J connectivity index is 0.000000379. The molecular formula is C48H73BIKN6O3. The van der Waals surface area contributed by atoms with Crippen molar-refractivity contribution in [3.63, 3.8) is 0 Å². The minimum atomic E-state index is -0.750. The second-order valence-corrected chi connectivity index (χ2v) is 16.2. The number of hydrogen-bond donors (Lipinski definition) is 0. The summed E-state index contributed by atoms with van der Waals surface area (Å²) < 4.78 is 18.6. The van der Waals surface area contributed by atoms with Crippen LogP contribution in [0.15, 0.2) is 98.1 Å². The molecule has 0 amide bonds. The molecule has 0 bridgehead atoms. The van der Waals surface area contributed by atoms with Crippen molar-refractivity contribution in [2.24, 2.45) is 14.1 Å². The molecule has 0 aliphatic carbocycles. The Labute approximate surface area is 423 Å². The molecule has 0 saturated carbocycles. The summed E-state index contributed by atoms with van der Waals surface area (Å²) in [6, 6.07) is 19.7. The number of hydrogen-bond acceptors (Lipinski definition) is 5. The first-order chi connectivity index (χ1) is 27.4. The summed E-state index contributed by atoms with van der Waals surface area (Å²) in [6.45, 7) is 22.7. The Hall–Kier alpha value is -2.27. The first-order valence-electron chi connectivity index (χ1n) is 20.2. The molecule has 2 saturated heterocycles. The monoisotopic (exact) mass is 958 g/mol. The van der Waals surface area contributed by atoms with Crippen molar-refractivity contribution in [1.82, 2.24) is 14.0 Å². The first-order valence-corrected chi connectivity index (χ1v) is 20.2. The van der Waals surface area contributed by atoms with Crippen molar-refractivity contribution in [3.8, 4) is 11.4 Å². The average Bonchev–Trinajstić information content (AvgIpc) is 4.02. The predicted octanol–water partition coefficient (Wildman–Crippen LogP) is 0.0587. The molecule has 0 unspecified atom stereocenters. The molecule has 3 aromatic carbocycles. The normalized spacial score (nSPS) is 13.7. The third-order valence-corrected chi connectivity index (χ3v) is 8.95. The maximum atomic E-state index is 10.1.